The van der Waals surface area contributed by atoms with Crippen LogP contribution >= 0.6 is 0 Å². The van der Waals surface area contributed by atoms with Crippen molar-refractivity contribution in [2.24, 2.45) is 0 Å². The number of ether oxygens (including phenoxy) is 1. The monoisotopic (exact) mass is 753 g/mol. The lowest BCUT2D eigenvalue weighted by molar-refractivity contribution is 0.436. The van der Waals surface area contributed by atoms with E-state index in [0.29, 0.717) is 29.3 Å². The topological polar surface area (TPSA) is 47.9 Å². The highest BCUT2D eigenvalue weighted by Crippen LogP contribution is 2.63. The van der Waals surface area contributed by atoms with Gasteiger partial charge in [0.1, 0.15) is 11.5 Å². The summed E-state index contributed by atoms with van der Waals surface area (Å²) in [5.41, 5.74) is 17.6. The summed E-state index contributed by atoms with van der Waals surface area (Å²) in [7, 11) is 0. The molecular weight excluding hydrogens is 719 g/mol. The lowest BCUT2D eigenvalue weighted by Crippen LogP contribution is -2.32. The second-order valence-corrected chi connectivity index (χ2v) is 16.2. The van der Waals surface area contributed by atoms with Crippen LogP contribution in [0, 0.1) is 0 Å². The van der Waals surface area contributed by atoms with Gasteiger partial charge in [0.25, 0.3) is 0 Å². The first-order valence-electron chi connectivity index (χ1n) is 20.5. The Balaban J connectivity index is 0.918. The van der Waals surface area contributed by atoms with Crippen LogP contribution in [0.3, 0.4) is 0 Å². The van der Waals surface area contributed by atoms with Crippen LogP contribution in [0.4, 0.5) is 0 Å². The smallest absolute Gasteiger partial charge is 0.164 e. The number of aromatic nitrogens is 3. The van der Waals surface area contributed by atoms with Gasteiger partial charge in [-0.25, -0.2) is 15.0 Å². The third-order valence-corrected chi connectivity index (χ3v) is 13.1. The third-order valence-electron chi connectivity index (χ3n) is 13.1. The van der Waals surface area contributed by atoms with Crippen LogP contribution in [0.1, 0.15) is 51.6 Å². The lowest BCUT2D eigenvalue weighted by Gasteiger charge is -2.39. The summed E-state index contributed by atoms with van der Waals surface area (Å²) < 4.78 is 6.69. The first kappa shape index (κ1) is 32.6. The quantitative estimate of drug-likeness (QED) is 0.180. The van der Waals surface area contributed by atoms with Crippen molar-refractivity contribution in [2.45, 2.75) is 23.7 Å². The van der Waals surface area contributed by atoms with E-state index in [9.17, 15) is 0 Å². The highest BCUT2D eigenvalue weighted by atomic mass is 16.5. The van der Waals surface area contributed by atoms with Crippen molar-refractivity contribution in [3.63, 3.8) is 0 Å². The van der Waals surface area contributed by atoms with E-state index in [0.717, 1.165) is 50.4 Å². The van der Waals surface area contributed by atoms with Crippen LogP contribution in [0.25, 0.3) is 67.5 Å². The molecule has 9 aromatic rings. The van der Waals surface area contributed by atoms with Gasteiger partial charge in [-0.15, -0.1) is 0 Å². The molecule has 2 atom stereocenters. The van der Waals surface area contributed by atoms with E-state index >= 15 is 0 Å². The van der Waals surface area contributed by atoms with Crippen LogP contribution in [0.2, 0.25) is 0 Å². The molecule has 0 saturated heterocycles. The van der Waals surface area contributed by atoms with Gasteiger partial charge >= 0.3 is 0 Å². The fourth-order valence-corrected chi connectivity index (χ4v) is 10.4. The molecule has 1 aromatic heterocycles. The summed E-state index contributed by atoms with van der Waals surface area (Å²) in [6.45, 7) is 0. The molecule has 276 valence electrons. The van der Waals surface area contributed by atoms with Crippen LogP contribution < -0.4 is 4.74 Å². The molecule has 1 fully saturated rings. The molecule has 0 bridgehead atoms. The van der Waals surface area contributed by atoms with Crippen molar-refractivity contribution in [1.29, 1.82) is 0 Å². The molecule has 0 radical (unpaired) electrons. The van der Waals surface area contributed by atoms with Gasteiger partial charge in [0.15, 0.2) is 17.5 Å². The van der Waals surface area contributed by atoms with Gasteiger partial charge in [-0.1, -0.05) is 164 Å². The highest BCUT2D eigenvalue weighted by Gasteiger charge is 2.51. The van der Waals surface area contributed by atoms with Gasteiger partial charge in [0.05, 0.1) is 5.41 Å². The second-order valence-electron chi connectivity index (χ2n) is 16.2. The summed E-state index contributed by atoms with van der Waals surface area (Å²) in [6.07, 6.45) is 1.20. The van der Waals surface area contributed by atoms with Crippen molar-refractivity contribution in [2.75, 3.05) is 0 Å². The maximum absolute atomic E-state index is 6.69. The number of benzene rings is 8. The second kappa shape index (κ2) is 12.3. The largest absolute Gasteiger partial charge is 0.457 e. The van der Waals surface area contributed by atoms with Crippen molar-refractivity contribution in [3.8, 4) is 79.0 Å². The minimum atomic E-state index is -0.511. The van der Waals surface area contributed by atoms with Crippen molar-refractivity contribution in [3.05, 3.63) is 221 Å². The van der Waals surface area contributed by atoms with E-state index in [2.05, 4.69) is 170 Å². The van der Waals surface area contributed by atoms with E-state index in [1.54, 1.807) is 0 Å². The molecule has 13 rings (SSSR count). The maximum Gasteiger partial charge on any atom is 0.164 e. The minimum absolute atomic E-state index is 0.511. The lowest BCUT2D eigenvalue weighted by atomic mass is 9.66. The Morgan fingerprint density at radius 2 is 0.864 bits per heavy atom. The fraction of sp³-hybridized carbons (Fsp3) is 0.0727. The maximum atomic E-state index is 6.69. The van der Waals surface area contributed by atoms with Crippen LogP contribution in [0.5, 0.6) is 11.5 Å². The van der Waals surface area contributed by atoms with E-state index in [-0.39, 0.29) is 0 Å². The van der Waals surface area contributed by atoms with Crippen molar-refractivity contribution >= 4 is 0 Å². The van der Waals surface area contributed by atoms with E-state index in [4.69, 9.17) is 19.7 Å². The number of hydrogen-bond donors (Lipinski definition) is 0. The van der Waals surface area contributed by atoms with Gasteiger partial charge in [0.2, 0.25) is 0 Å². The summed E-state index contributed by atoms with van der Waals surface area (Å²) in [4.78, 5) is 15.3. The Kier molecular flexibility index (Phi) is 6.80. The molecule has 1 saturated carbocycles. The van der Waals surface area contributed by atoms with E-state index < -0.39 is 5.41 Å². The molecule has 1 aliphatic heterocycles. The van der Waals surface area contributed by atoms with Crippen LogP contribution in [0.15, 0.2) is 188 Å². The molecule has 4 nitrogen and oxygen atoms in total. The summed E-state index contributed by atoms with van der Waals surface area (Å²) in [5.74, 6) is 4.95. The number of fused-ring (bicyclic) bond motifs is 15. The average molecular weight is 754 g/mol. The SMILES string of the molecule is c1ccc(-c2nc(-c3ccc(-c4ccc5c(c4)C4(c6ccccc6O5)c5ccccc5-c5ccccc54)cc3)nc(-c3ccc4c(c3)C3CC3c3ccccc3-4)n2)cc1. The fourth-order valence-electron chi connectivity index (χ4n) is 10.4. The first-order chi connectivity index (χ1) is 29.2. The number of hydrogen-bond acceptors (Lipinski definition) is 4. The molecule has 2 unspecified atom stereocenters. The zero-order valence-corrected chi connectivity index (χ0v) is 32.0. The van der Waals surface area contributed by atoms with E-state index in [1.807, 2.05) is 18.2 Å². The standard InChI is InChI=1S/C55H35N3O/c1-2-12-34(13-3-1)52-56-53(58-54(57-52)37-26-28-40-38-14-4-5-15-39(38)44-32-45(44)43(40)30-37)35-24-22-33(23-25-35)36-27-29-51-49(31-36)55(48-20-10-11-21-50(48)59-51)46-18-8-6-16-41(46)42-17-7-9-19-47(42)55/h1-31,44-45H,32H2. The Labute approximate surface area is 342 Å². The molecular formula is C55H35N3O. The van der Waals surface area contributed by atoms with Gasteiger partial charge in [-0.2, -0.15) is 0 Å². The number of nitrogens with zero attached hydrogens (tertiary/aromatic N) is 3. The third kappa shape index (κ3) is 4.74. The summed E-state index contributed by atoms with van der Waals surface area (Å²) in [5, 5.41) is 0. The zero-order chi connectivity index (χ0) is 38.7. The molecule has 8 aromatic carbocycles. The van der Waals surface area contributed by atoms with E-state index in [1.165, 1.54) is 50.9 Å². The average Bonchev–Trinajstić information content (AvgIpc) is 4.08. The van der Waals surface area contributed by atoms with Gasteiger partial charge < -0.3 is 4.74 Å². The molecule has 59 heavy (non-hydrogen) atoms. The number of rotatable bonds is 4. The highest BCUT2D eigenvalue weighted by molar-refractivity contribution is 5.89. The molecule has 0 amide bonds. The molecule has 4 aliphatic rings. The molecule has 3 aliphatic carbocycles. The molecule has 4 heteroatoms. The van der Waals surface area contributed by atoms with Crippen LogP contribution in [-0.4, -0.2) is 15.0 Å². The Morgan fingerprint density at radius 1 is 0.356 bits per heavy atom. The van der Waals surface area contributed by atoms with Gasteiger partial charge in [0, 0.05) is 27.8 Å². The number of para-hydroxylation sites is 1. The Bertz CT molecular complexity index is 3140. The minimum Gasteiger partial charge on any atom is -0.457 e. The summed E-state index contributed by atoms with van der Waals surface area (Å²) >= 11 is 0. The van der Waals surface area contributed by atoms with Crippen molar-refractivity contribution in [1.82, 2.24) is 15.0 Å². The Hall–Kier alpha value is -7.43. The molecule has 1 spiro atoms. The Morgan fingerprint density at radius 3 is 1.61 bits per heavy atom. The van der Waals surface area contributed by atoms with Crippen molar-refractivity contribution < 1.29 is 4.74 Å². The molecule has 2 heterocycles. The predicted octanol–water partition coefficient (Wildman–Crippen LogP) is 13.3. The zero-order valence-electron chi connectivity index (χ0n) is 32.0. The summed E-state index contributed by atoms with van der Waals surface area (Å²) in [6, 6.07) is 67.4. The van der Waals surface area contributed by atoms with Gasteiger partial charge in [-0.3, -0.25) is 0 Å². The normalized spacial score (nSPS) is 16.7. The first-order valence-corrected chi connectivity index (χ1v) is 20.5. The molecule has 0 N–H and O–H groups in total. The predicted molar refractivity (Wildman–Crippen MR) is 234 cm³/mol. The van der Waals surface area contributed by atoms with Crippen LogP contribution in [-0.2, 0) is 5.41 Å². The van der Waals surface area contributed by atoms with Gasteiger partial charge in [-0.05, 0) is 98.2 Å².